The fourth-order valence-corrected chi connectivity index (χ4v) is 0.318. The van der Waals surface area contributed by atoms with Gasteiger partial charge in [-0.25, -0.2) is 0 Å². The van der Waals surface area contributed by atoms with E-state index in [0.717, 1.165) is 0 Å². The Morgan fingerprint density at radius 2 is 2.22 bits per heavy atom. The lowest BCUT2D eigenvalue weighted by molar-refractivity contribution is -0.142. The molecule has 0 rings (SSSR count). The highest BCUT2D eigenvalue weighted by atomic mass is 35.5. The zero-order valence-corrected chi connectivity index (χ0v) is 6.40. The van der Waals surface area contributed by atoms with Crippen LogP contribution >= 0.6 is 12.4 Å². The molecule has 56 valence electrons. The van der Waals surface area contributed by atoms with Crippen LogP contribution in [0.2, 0.25) is 0 Å². The van der Waals surface area contributed by atoms with Crippen molar-refractivity contribution in [2.75, 3.05) is 7.11 Å². The molecule has 0 aliphatic rings. The largest absolute Gasteiger partial charge is 0.468 e. The van der Waals surface area contributed by atoms with Crippen molar-refractivity contribution in [2.24, 2.45) is 5.73 Å². The molecule has 3 nitrogen and oxygen atoms in total. The van der Waals surface area contributed by atoms with Gasteiger partial charge in [-0.05, 0) is 6.42 Å². The summed E-state index contributed by atoms with van der Waals surface area (Å²) in [4.78, 5) is 10.4. The van der Waals surface area contributed by atoms with Gasteiger partial charge in [0.1, 0.15) is 6.04 Å². The first kappa shape index (κ1) is 11.5. The number of carbonyl (C=O) groups is 1. The molecule has 0 amide bonds. The third-order valence-electron chi connectivity index (χ3n) is 0.944. The Labute approximate surface area is 61.0 Å². The Hall–Kier alpha value is -0.280. The summed E-state index contributed by atoms with van der Waals surface area (Å²) in [7, 11) is 1.33. The molecule has 0 fully saturated rings. The third-order valence-corrected chi connectivity index (χ3v) is 0.944. The van der Waals surface area contributed by atoms with Gasteiger partial charge in [0.25, 0.3) is 0 Å². The average Bonchev–Trinajstić information content (AvgIpc) is 1.84. The SMILES string of the molecule is CC[C@H](N)C(=O)OC.Cl. The quantitative estimate of drug-likeness (QED) is 0.582. The standard InChI is InChI=1S/C5H11NO2.ClH/c1-3-4(6)5(7)8-2;/h4H,3,6H2,1-2H3;1H/t4-;/m0./s1. The Balaban J connectivity index is 0. The zero-order chi connectivity index (χ0) is 6.57. The summed E-state index contributed by atoms with van der Waals surface area (Å²) >= 11 is 0. The predicted molar refractivity (Wildman–Crippen MR) is 37.5 cm³/mol. The van der Waals surface area contributed by atoms with Gasteiger partial charge in [-0.2, -0.15) is 0 Å². The van der Waals surface area contributed by atoms with Crippen LogP contribution in [0.25, 0.3) is 0 Å². The molecular weight excluding hydrogens is 142 g/mol. The van der Waals surface area contributed by atoms with Gasteiger partial charge in [-0.15, -0.1) is 12.4 Å². The highest BCUT2D eigenvalue weighted by Crippen LogP contribution is 1.86. The molecule has 0 aromatic heterocycles. The molecule has 9 heavy (non-hydrogen) atoms. The van der Waals surface area contributed by atoms with Gasteiger partial charge in [0, 0.05) is 0 Å². The molecule has 0 aromatic carbocycles. The monoisotopic (exact) mass is 153 g/mol. The van der Waals surface area contributed by atoms with Crippen LogP contribution in [0.15, 0.2) is 0 Å². The van der Waals surface area contributed by atoms with Crippen molar-refractivity contribution < 1.29 is 9.53 Å². The Kier molecular flexibility index (Phi) is 7.48. The van der Waals surface area contributed by atoms with Crippen molar-refractivity contribution >= 4 is 18.4 Å². The maximum absolute atomic E-state index is 10.4. The molecule has 0 unspecified atom stereocenters. The smallest absolute Gasteiger partial charge is 0.322 e. The van der Waals surface area contributed by atoms with Crippen molar-refractivity contribution in [3.63, 3.8) is 0 Å². The van der Waals surface area contributed by atoms with Crippen LogP contribution in [0.4, 0.5) is 0 Å². The van der Waals surface area contributed by atoms with Gasteiger partial charge in [-0.3, -0.25) is 4.79 Å². The Morgan fingerprint density at radius 1 is 1.78 bits per heavy atom. The topological polar surface area (TPSA) is 52.3 Å². The maximum Gasteiger partial charge on any atom is 0.322 e. The summed E-state index contributed by atoms with van der Waals surface area (Å²) in [6.45, 7) is 1.83. The molecule has 0 aliphatic carbocycles. The van der Waals surface area contributed by atoms with Crippen LogP contribution in [0, 0.1) is 0 Å². The van der Waals surface area contributed by atoms with Crippen molar-refractivity contribution in [2.45, 2.75) is 19.4 Å². The average molecular weight is 154 g/mol. The molecular formula is C5H12ClNO2. The number of carbonyl (C=O) groups excluding carboxylic acids is 1. The number of methoxy groups -OCH3 is 1. The number of hydrogen-bond donors (Lipinski definition) is 1. The minimum Gasteiger partial charge on any atom is -0.468 e. The van der Waals surface area contributed by atoms with Crippen LogP contribution in [-0.2, 0) is 9.53 Å². The first-order chi connectivity index (χ1) is 3.72. The molecule has 0 spiro atoms. The lowest BCUT2D eigenvalue weighted by atomic mass is 10.2. The van der Waals surface area contributed by atoms with Gasteiger partial charge in [-0.1, -0.05) is 6.92 Å². The number of nitrogens with two attached hydrogens (primary N) is 1. The van der Waals surface area contributed by atoms with Gasteiger partial charge >= 0.3 is 5.97 Å². The first-order valence-electron chi connectivity index (χ1n) is 2.55. The van der Waals surface area contributed by atoms with E-state index in [9.17, 15) is 4.79 Å². The van der Waals surface area contributed by atoms with E-state index in [1.165, 1.54) is 7.11 Å². The lowest BCUT2D eigenvalue weighted by Crippen LogP contribution is -2.30. The van der Waals surface area contributed by atoms with Crippen molar-refractivity contribution in [1.29, 1.82) is 0 Å². The molecule has 0 saturated heterocycles. The van der Waals surface area contributed by atoms with Gasteiger partial charge < -0.3 is 10.5 Å². The molecule has 0 saturated carbocycles. The van der Waals surface area contributed by atoms with E-state index >= 15 is 0 Å². The molecule has 0 heterocycles. The third kappa shape index (κ3) is 4.24. The molecule has 0 aromatic rings. The minimum absolute atomic E-state index is 0. The second-order valence-electron chi connectivity index (χ2n) is 1.54. The maximum atomic E-state index is 10.4. The first-order valence-corrected chi connectivity index (χ1v) is 2.55. The van der Waals surface area contributed by atoms with Crippen LogP contribution in [0.5, 0.6) is 0 Å². The summed E-state index contributed by atoms with van der Waals surface area (Å²) < 4.78 is 4.34. The van der Waals surface area contributed by atoms with E-state index < -0.39 is 6.04 Å². The number of esters is 1. The fourth-order valence-electron chi connectivity index (χ4n) is 0.318. The van der Waals surface area contributed by atoms with Gasteiger partial charge in [0.15, 0.2) is 0 Å². The second kappa shape index (κ2) is 5.85. The Bertz CT molecular complexity index is 87.0. The van der Waals surface area contributed by atoms with E-state index in [1.54, 1.807) is 0 Å². The summed E-state index contributed by atoms with van der Waals surface area (Å²) in [6.07, 6.45) is 0.632. The molecule has 4 heteroatoms. The minimum atomic E-state index is -0.444. The number of ether oxygens (including phenoxy) is 1. The summed E-state index contributed by atoms with van der Waals surface area (Å²) in [6, 6.07) is -0.444. The Morgan fingerprint density at radius 3 is 2.33 bits per heavy atom. The molecule has 0 bridgehead atoms. The molecule has 1 atom stereocenters. The number of hydrogen-bond acceptors (Lipinski definition) is 3. The normalized spacial score (nSPS) is 11.4. The summed E-state index contributed by atoms with van der Waals surface area (Å²) in [5, 5.41) is 0. The van der Waals surface area contributed by atoms with E-state index in [2.05, 4.69) is 4.74 Å². The summed E-state index contributed by atoms with van der Waals surface area (Å²) in [5.41, 5.74) is 5.25. The highest BCUT2D eigenvalue weighted by molar-refractivity contribution is 5.85. The van der Waals surface area contributed by atoms with Crippen LogP contribution < -0.4 is 5.73 Å². The number of halogens is 1. The molecule has 0 aliphatic heterocycles. The van der Waals surface area contributed by atoms with Crippen molar-refractivity contribution in [3.8, 4) is 0 Å². The van der Waals surface area contributed by atoms with Crippen LogP contribution in [-0.4, -0.2) is 19.1 Å². The lowest BCUT2D eigenvalue weighted by Gasteiger charge is -2.03. The summed E-state index contributed by atoms with van der Waals surface area (Å²) in [5.74, 6) is -0.340. The molecule has 2 N–H and O–H groups in total. The predicted octanol–water partition coefficient (Wildman–Crippen LogP) is 0.318. The number of rotatable bonds is 2. The zero-order valence-electron chi connectivity index (χ0n) is 5.59. The van der Waals surface area contributed by atoms with Crippen LogP contribution in [0.1, 0.15) is 13.3 Å². The van der Waals surface area contributed by atoms with Crippen LogP contribution in [0.3, 0.4) is 0 Å². The fraction of sp³-hybridized carbons (Fsp3) is 0.800. The van der Waals surface area contributed by atoms with Crippen molar-refractivity contribution in [1.82, 2.24) is 0 Å². The van der Waals surface area contributed by atoms with Crippen molar-refractivity contribution in [3.05, 3.63) is 0 Å². The van der Waals surface area contributed by atoms with Gasteiger partial charge in [0.05, 0.1) is 7.11 Å². The highest BCUT2D eigenvalue weighted by Gasteiger charge is 2.08. The van der Waals surface area contributed by atoms with E-state index in [4.69, 9.17) is 5.73 Å². The molecule has 0 radical (unpaired) electrons. The van der Waals surface area contributed by atoms with Gasteiger partial charge in [0.2, 0.25) is 0 Å². The van der Waals surface area contributed by atoms with E-state index in [1.807, 2.05) is 6.92 Å². The van der Waals surface area contributed by atoms with E-state index in [0.29, 0.717) is 6.42 Å². The van der Waals surface area contributed by atoms with E-state index in [-0.39, 0.29) is 18.4 Å². The second-order valence-corrected chi connectivity index (χ2v) is 1.54.